The molecule has 216 valence electrons. The third-order valence-electron chi connectivity index (χ3n) is 8.37. The molecule has 1 fully saturated rings. The van der Waals surface area contributed by atoms with Crippen LogP contribution in [0.2, 0.25) is 0 Å². The number of nitrogens with zero attached hydrogens (tertiary/aromatic N) is 3. The largest absolute Gasteiger partial charge is 0.493 e. The van der Waals surface area contributed by atoms with Gasteiger partial charge < -0.3 is 19.5 Å². The monoisotopic (exact) mass is 565 g/mol. The molecule has 1 aliphatic heterocycles. The molecule has 2 aliphatic rings. The molecule has 1 N–H and O–H groups in total. The highest BCUT2D eigenvalue weighted by Gasteiger charge is 2.48. The van der Waals surface area contributed by atoms with Crippen molar-refractivity contribution in [3.63, 3.8) is 0 Å². The molecule has 1 aliphatic carbocycles. The lowest BCUT2D eigenvalue weighted by Crippen LogP contribution is -2.36. The van der Waals surface area contributed by atoms with Crippen molar-refractivity contribution >= 4 is 17.6 Å². The molecule has 1 aromatic heterocycles. The van der Waals surface area contributed by atoms with Crippen LogP contribution < -0.4 is 14.4 Å². The molecule has 0 radical (unpaired) electrons. The first-order chi connectivity index (χ1) is 20.3. The van der Waals surface area contributed by atoms with E-state index >= 15 is 0 Å². The quantitative estimate of drug-likeness (QED) is 0.240. The Kier molecular flexibility index (Phi) is 7.45. The first-order valence-corrected chi connectivity index (χ1v) is 14.4. The molecule has 0 bridgehead atoms. The molecule has 1 amide bonds. The Bertz CT molecular complexity index is 1640. The highest BCUT2D eigenvalue weighted by Crippen LogP contribution is 2.52. The molecule has 0 saturated heterocycles. The minimum absolute atomic E-state index is 0.000463. The maximum Gasteiger partial charge on any atom is 0.335 e. The average molecular weight is 566 g/mol. The number of benzene rings is 3. The number of carbonyl (C=O) groups is 2. The minimum Gasteiger partial charge on any atom is -0.493 e. The third-order valence-corrected chi connectivity index (χ3v) is 8.37. The molecule has 2 heterocycles. The Morgan fingerprint density at radius 2 is 1.88 bits per heavy atom. The normalized spacial score (nSPS) is 15.0. The van der Waals surface area contributed by atoms with Crippen LogP contribution in [0.3, 0.4) is 0 Å². The molecule has 8 nitrogen and oxygen atoms in total. The summed E-state index contributed by atoms with van der Waals surface area (Å²) in [6.45, 7) is 6.27. The minimum atomic E-state index is -0.955. The first kappa shape index (κ1) is 27.6. The second-order valence-corrected chi connectivity index (χ2v) is 11.5. The highest BCUT2D eigenvalue weighted by molar-refractivity contribution is 5.97. The fourth-order valence-corrected chi connectivity index (χ4v) is 5.51. The SMILES string of the molecule is Cc1cccc(OCCCC(=O)N2CC3(CC3)COc3c(-c4cnn(Cc5cccc(C(=O)O)c5)c4)cccc32)c1C. The highest BCUT2D eigenvalue weighted by atomic mass is 16.5. The van der Waals surface area contributed by atoms with Crippen LogP contribution >= 0.6 is 0 Å². The number of hydrogen-bond acceptors (Lipinski definition) is 5. The number of aromatic nitrogens is 2. The summed E-state index contributed by atoms with van der Waals surface area (Å²) < 4.78 is 14.2. The van der Waals surface area contributed by atoms with Crippen LogP contribution in [0.5, 0.6) is 11.5 Å². The van der Waals surface area contributed by atoms with Crippen molar-refractivity contribution < 1.29 is 24.2 Å². The zero-order valence-corrected chi connectivity index (χ0v) is 24.0. The second-order valence-electron chi connectivity index (χ2n) is 11.5. The number of hydrogen-bond donors (Lipinski definition) is 1. The van der Waals surface area contributed by atoms with Crippen LogP contribution in [0, 0.1) is 19.3 Å². The number of fused-ring (bicyclic) bond motifs is 1. The van der Waals surface area contributed by atoms with Crippen LogP contribution in [0.4, 0.5) is 5.69 Å². The van der Waals surface area contributed by atoms with Crippen LogP contribution in [0.1, 0.15) is 52.7 Å². The summed E-state index contributed by atoms with van der Waals surface area (Å²) in [6.07, 6.45) is 6.82. The molecule has 1 spiro atoms. The molecule has 4 aromatic rings. The molecule has 0 atom stereocenters. The fourth-order valence-electron chi connectivity index (χ4n) is 5.51. The van der Waals surface area contributed by atoms with Crippen molar-refractivity contribution in [3.05, 3.63) is 95.3 Å². The van der Waals surface area contributed by atoms with Gasteiger partial charge >= 0.3 is 5.97 Å². The summed E-state index contributed by atoms with van der Waals surface area (Å²) in [5, 5.41) is 13.9. The van der Waals surface area contributed by atoms with E-state index in [4.69, 9.17) is 9.47 Å². The number of carbonyl (C=O) groups excluding carboxylic acids is 1. The van der Waals surface area contributed by atoms with Crippen LogP contribution in [0.25, 0.3) is 11.1 Å². The lowest BCUT2D eigenvalue weighted by atomic mass is 10.1. The van der Waals surface area contributed by atoms with Gasteiger partial charge in [-0.25, -0.2) is 4.79 Å². The van der Waals surface area contributed by atoms with Crippen molar-refractivity contribution in [3.8, 4) is 22.6 Å². The fraction of sp³-hybridized carbons (Fsp3) is 0.324. The first-order valence-electron chi connectivity index (χ1n) is 14.4. The summed E-state index contributed by atoms with van der Waals surface area (Å²) >= 11 is 0. The Morgan fingerprint density at radius 1 is 1.07 bits per heavy atom. The van der Waals surface area contributed by atoms with Gasteiger partial charge in [0, 0.05) is 35.7 Å². The van der Waals surface area contributed by atoms with Gasteiger partial charge in [-0.15, -0.1) is 0 Å². The van der Waals surface area contributed by atoms with Crippen LogP contribution in [0.15, 0.2) is 73.1 Å². The van der Waals surface area contributed by atoms with Crippen molar-refractivity contribution in [1.82, 2.24) is 9.78 Å². The molecule has 0 unspecified atom stereocenters. The van der Waals surface area contributed by atoms with E-state index in [0.717, 1.165) is 46.5 Å². The van der Waals surface area contributed by atoms with Gasteiger partial charge in [0.1, 0.15) is 5.75 Å². The Hall–Kier alpha value is -4.59. The van der Waals surface area contributed by atoms with E-state index in [1.807, 2.05) is 47.5 Å². The Labute approximate surface area is 245 Å². The maximum absolute atomic E-state index is 13.6. The number of amides is 1. The number of para-hydroxylation sites is 1. The number of anilines is 1. The molecule has 6 rings (SSSR count). The predicted molar refractivity (Wildman–Crippen MR) is 160 cm³/mol. The van der Waals surface area contributed by atoms with Gasteiger partial charge in [0.25, 0.3) is 0 Å². The predicted octanol–water partition coefficient (Wildman–Crippen LogP) is 6.28. The molecule has 1 saturated carbocycles. The van der Waals surface area contributed by atoms with Crippen molar-refractivity contribution in [2.24, 2.45) is 5.41 Å². The zero-order valence-electron chi connectivity index (χ0n) is 24.0. The molecule has 3 aromatic carbocycles. The van der Waals surface area contributed by atoms with Gasteiger partial charge in [-0.05, 0) is 74.1 Å². The Balaban J connectivity index is 1.19. The standard InChI is InChI=1S/C34H35N3O5/c1-23-7-3-12-30(24(23)2)41-16-6-13-31(38)37-21-34(14-15-34)22-42-32-28(10-5-11-29(32)37)27-18-35-36(20-27)19-25-8-4-9-26(17-25)33(39)40/h3-5,7-12,17-18,20H,6,13-16,19,21-22H2,1-2H3,(H,39,40). The van der Waals surface area contributed by atoms with Crippen LogP contribution in [-0.2, 0) is 11.3 Å². The van der Waals surface area contributed by atoms with Gasteiger partial charge in [0.2, 0.25) is 5.91 Å². The average Bonchev–Trinajstić information content (AvgIpc) is 3.65. The van der Waals surface area contributed by atoms with Crippen LogP contribution in [-0.4, -0.2) is 46.5 Å². The summed E-state index contributed by atoms with van der Waals surface area (Å²) in [6, 6.07) is 18.8. The van der Waals surface area contributed by atoms with E-state index in [2.05, 4.69) is 25.0 Å². The number of carboxylic acids is 1. The topological polar surface area (TPSA) is 93.9 Å². The molecule has 8 heteroatoms. The number of aryl methyl sites for hydroxylation is 1. The summed E-state index contributed by atoms with van der Waals surface area (Å²) in [7, 11) is 0. The third kappa shape index (κ3) is 5.75. The maximum atomic E-state index is 13.6. The van der Waals surface area contributed by atoms with Crippen molar-refractivity contribution in [1.29, 1.82) is 0 Å². The van der Waals surface area contributed by atoms with Crippen molar-refractivity contribution in [2.75, 3.05) is 24.7 Å². The second kappa shape index (κ2) is 11.4. The Morgan fingerprint density at radius 3 is 2.69 bits per heavy atom. The van der Waals surface area contributed by atoms with Gasteiger partial charge in [0.05, 0.1) is 37.2 Å². The van der Waals surface area contributed by atoms with E-state index in [-0.39, 0.29) is 16.9 Å². The van der Waals surface area contributed by atoms with Crippen molar-refractivity contribution in [2.45, 2.75) is 46.1 Å². The summed E-state index contributed by atoms with van der Waals surface area (Å²) in [4.78, 5) is 26.9. The smallest absolute Gasteiger partial charge is 0.335 e. The van der Waals surface area contributed by atoms with E-state index in [0.29, 0.717) is 44.9 Å². The lowest BCUT2D eigenvalue weighted by Gasteiger charge is -2.25. The number of rotatable bonds is 9. The summed E-state index contributed by atoms with van der Waals surface area (Å²) in [5.41, 5.74) is 5.96. The number of ether oxygens (including phenoxy) is 2. The molecular weight excluding hydrogens is 530 g/mol. The van der Waals surface area contributed by atoms with Gasteiger partial charge in [-0.2, -0.15) is 5.10 Å². The zero-order chi connectivity index (χ0) is 29.3. The lowest BCUT2D eigenvalue weighted by molar-refractivity contribution is -0.119. The number of carboxylic acid groups (broad SMARTS) is 1. The van der Waals surface area contributed by atoms with E-state index in [1.54, 1.807) is 29.1 Å². The molecule has 42 heavy (non-hydrogen) atoms. The van der Waals surface area contributed by atoms with E-state index in [9.17, 15) is 14.7 Å². The van der Waals surface area contributed by atoms with E-state index < -0.39 is 5.97 Å². The van der Waals surface area contributed by atoms with Gasteiger partial charge in [-0.1, -0.05) is 36.4 Å². The van der Waals surface area contributed by atoms with Gasteiger partial charge in [0.15, 0.2) is 5.75 Å². The van der Waals surface area contributed by atoms with E-state index in [1.165, 1.54) is 5.56 Å². The van der Waals surface area contributed by atoms with Gasteiger partial charge in [-0.3, -0.25) is 9.48 Å². The molecular formula is C34H35N3O5. The summed E-state index contributed by atoms with van der Waals surface area (Å²) in [5.74, 6) is 0.689. The number of aromatic carboxylic acids is 1.